The molecule has 3 N–H and O–H groups in total. The van der Waals surface area contributed by atoms with Gasteiger partial charge in [0.05, 0.1) is 12.6 Å². The van der Waals surface area contributed by atoms with Crippen molar-refractivity contribution in [1.82, 2.24) is 5.32 Å². The number of carbonyl (C=O) groups excluding carboxylic acids is 1. The zero-order valence-electron chi connectivity index (χ0n) is 13.6. The van der Waals surface area contributed by atoms with E-state index in [-0.39, 0.29) is 24.6 Å². The molecule has 0 saturated heterocycles. The van der Waals surface area contributed by atoms with Crippen LogP contribution in [-0.4, -0.2) is 26.2 Å². The first-order chi connectivity index (χ1) is 10.6. The SMILES string of the molecule is CCC(C)C(N)c1ccc2c(c1)C(NC(=O)COC)CCO2. The second-order valence-electron chi connectivity index (χ2n) is 5.90. The smallest absolute Gasteiger partial charge is 0.246 e. The Labute approximate surface area is 132 Å². The highest BCUT2D eigenvalue weighted by molar-refractivity contribution is 5.77. The van der Waals surface area contributed by atoms with E-state index in [9.17, 15) is 4.79 Å². The number of carbonyl (C=O) groups is 1. The molecule has 1 amide bonds. The van der Waals surface area contributed by atoms with Crippen molar-refractivity contribution in [2.75, 3.05) is 20.3 Å². The predicted octanol–water partition coefficient (Wildman–Crippen LogP) is 2.32. The van der Waals surface area contributed by atoms with E-state index in [4.69, 9.17) is 15.2 Å². The van der Waals surface area contributed by atoms with Crippen LogP contribution in [0, 0.1) is 5.92 Å². The van der Waals surface area contributed by atoms with Gasteiger partial charge in [0.15, 0.2) is 0 Å². The van der Waals surface area contributed by atoms with Crippen molar-refractivity contribution in [2.24, 2.45) is 11.7 Å². The molecule has 22 heavy (non-hydrogen) atoms. The van der Waals surface area contributed by atoms with E-state index in [0.717, 1.165) is 29.7 Å². The zero-order valence-corrected chi connectivity index (χ0v) is 13.6. The third-order valence-electron chi connectivity index (χ3n) is 4.33. The number of rotatable bonds is 6. The number of hydrogen-bond acceptors (Lipinski definition) is 4. The maximum absolute atomic E-state index is 11.8. The Hall–Kier alpha value is -1.59. The van der Waals surface area contributed by atoms with Crippen LogP contribution in [0.2, 0.25) is 0 Å². The van der Waals surface area contributed by atoms with Gasteiger partial charge < -0.3 is 20.5 Å². The minimum absolute atomic E-state index is 0.00690. The molecule has 0 bridgehead atoms. The molecule has 1 aromatic rings. The van der Waals surface area contributed by atoms with E-state index in [1.54, 1.807) is 0 Å². The Balaban J connectivity index is 2.22. The highest BCUT2D eigenvalue weighted by Gasteiger charge is 2.25. The molecule has 0 fully saturated rings. The van der Waals surface area contributed by atoms with Crippen molar-refractivity contribution in [3.8, 4) is 5.75 Å². The van der Waals surface area contributed by atoms with E-state index < -0.39 is 0 Å². The Bertz CT molecular complexity index is 519. The van der Waals surface area contributed by atoms with Crippen LogP contribution in [0.1, 0.15) is 49.9 Å². The molecule has 1 heterocycles. The Morgan fingerprint density at radius 3 is 3.00 bits per heavy atom. The first-order valence-corrected chi connectivity index (χ1v) is 7.87. The average Bonchev–Trinajstić information content (AvgIpc) is 2.53. The van der Waals surface area contributed by atoms with Crippen LogP contribution in [0.25, 0.3) is 0 Å². The number of methoxy groups -OCH3 is 1. The van der Waals surface area contributed by atoms with Crippen LogP contribution in [0.4, 0.5) is 0 Å². The van der Waals surface area contributed by atoms with Crippen LogP contribution in [-0.2, 0) is 9.53 Å². The van der Waals surface area contributed by atoms with Crippen molar-refractivity contribution >= 4 is 5.91 Å². The summed E-state index contributed by atoms with van der Waals surface area (Å²) in [5.41, 5.74) is 8.42. The summed E-state index contributed by atoms with van der Waals surface area (Å²) in [7, 11) is 1.51. The minimum atomic E-state index is -0.114. The predicted molar refractivity (Wildman–Crippen MR) is 85.7 cm³/mol. The molecule has 1 aromatic carbocycles. The number of benzene rings is 1. The number of nitrogens with one attached hydrogen (secondary N) is 1. The van der Waals surface area contributed by atoms with E-state index in [1.807, 2.05) is 12.1 Å². The lowest BCUT2D eigenvalue weighted by Gasteiger charge is -2.28. The number of hydrogen-bond donors (Lipinski definition) is 2. The molecular weight excluding hydrogens is 280 g/mol. The van der Waals surface area contributed by atoms with Crippen LogP contribution in [0.5, 0.6) is 5.75 Å². The molecule has 5 nitrogen and oxygen atoms in total. The lowest BCUT2D eigenvalue weighted by Crippen LogP contribution is -2.34. The summed E-state index contributed by atoms with van der Waals surface area (Å²) in [6.07, 6.45) is 1.78. The highest BCUT2D eigenvalue weighted by atomic mass is 16.5. The molecule has 0 aliphatic carbocycles. The van der Waals surface area contributed by atoms with E-state index in [1.165, 1.54) is 7.11 Å². The van der Waals surface area contributed by atoms with Crippen LogP contribution < -0.4 is 15.8 Å². The van der Waals surface area contributed by atoms with Crippen LogP contribution in [0.3, 0.4) is 0 Å². The molecular formula is C17H26N2O3. The molecule has 3 atom stereocenters. The quantitative estimate of drug-likeness (QED) is 0.846. The fraction of sp³-hybridized carbons (Fsp3) is 0.588. The van der Waals surface area contributed by atoms with Crippen molar-refractivity contribution in [3.05, 3.63) is 29.3 Å². The number of amides is 1. The van der Waals surface area contributed by atoms with Gasteiger partial charge in [-0.05, 0) is 23.6 Å². The summed E-state index contributed by atoms with van der Waals surface area (Å²) in [5, 5.41) is 3.00. The van der Waals surface area contributed by atoms with Gasteiger partial charge in [-0.25, -0.2) is 0 Å². The first kappa shape index (κ1) is 16.8. The van der Waals surface area contributed by atoms with Gasteiger partial charge in [0.1, 0.15) is 12.4 Å². The summed E-state index contributed by atoms with van der Waals surface area (Å²) in [4.78, 5) is 11.8. The largest absolute Gasteiger partial charge is 0.493 e. The molecule has 3 unspecified atom stereocenters. The molecule has 0 saturated carbocycles. The van der Waals surface area contributed by atoms with Crippen molar-refractivity contribution in [1.29, 1.82) is 0 Å². The van der Waals surface area contributed by atoms with Crippen molar-refractivity contribution in [3.63, 3.8) is 0 Å². The summed E-state index contributed by atoms with van der Waals surface area (Å²) >= 11 is 0. The maximum Gasteiger partial charge on any atom is 0.246 e. The van der Waals surface area contributed by atoms with Gasteiger partial charge in [-0.3, -0.25) is 4.79 Å². The number of nitrogens with two attached hydrogens (primary N) is 1. The Morgan fingerprint density at radius 2 is 2.32 bits per heavy atom. The van der Waals surface area contributed by atoms with Gasteiger partial charge in [-0.2, -0.15) is 0 Å². The average molecular weight is 306 g/mol. The minimum Gasteiger partial charge on any atom is -0.493 e. The van der Waals surface area contributed by atoms with Gasteiger partial charge in [0, 0.05) is 25.1 Å². The van der Waals surface area contributed by atoms with Crippen molar-refractivity contribution < 1.29 is 14.3 Å². The molecule has 1 aliphatic rings. The van der Waals surface area contributed by atoms with Gasteiger partial charge in [-0.15, -0.1) is 0 Å². The molecule has 0 radical (unpaired) electrons. The second-order valence-corrected chi connectivity index (χ2v) is 5.90. The molecule has 0 aromatic heterocycles. The summed E-state index contributed by atoms with van der Waals surface area (Å²) in [6, 6.07) is 6.00. The second kappa shape index (κ2) is 7.61. The lowest BCUT2D eigenvalue weighted by atomic mass is 9.90. The molecule has 2 rings (SSSR count). The summed E-state index contributed by atoms with van der Waals surface area (Å²) in [6.45, 7) is 4.96. The highest BCUT2D eigenvalue weighted by Crippen LogP contribution is 2.35. The molecule has 1 aliphatic heterocycles. The van der Waals surface area contributed by atoms with Crippen LogP contribution >= 0.6 is 0 Å². The third kappa shape index (κ3) is 3.78. The maximum atomic E-state index is 11.8. The monoisotopic (exact) mass is 306 g/mol. The number of ether oxygens (including phenoxy) is 2. The topological polar surface area (TPSA) is 73.6 Å². The van der Waals surface area contributed by atoms with Gasteiger partial charge in [0.2, 0.25) is 5.91 Å². The number of fused-ring (bicyclic) bond motifs is 1. The van der Waals surface area contributed by atoms with E-state index in [2.05, 4.69) is 25.2 Å². The summed E-state index contributed by atoms with van der Waals surface area (Å²) in [5.74, 6) is 1.12. The zero-order chi connectivity index (χ0) is 16.1. The lowest BCUT2D eigenvalue weighted by molar-refractivity contribution is -0.125. The molecule has 0 spiro atoms. The Kier molecular flexibility index (Phi) is 5.80. The van der Waals surface area contributed by atoms with E-state index >= 15 is 0 Å². The van der Waals surface area contributed by atoms with E-state index in [0.29, 0.717) is 12.5 Å². The van der Waals surface area contributed by atoms with Crippen LogP contribution in [0.15, 0.2) is 18.2 Å². The molecule has 5 heteroatoms. The standard InChI is InChI=1S/C17H26N2O3/c1-4-11(2)17(18)12-5-6-15-13(9-12)14(7-8-22-15)19-16(20)10-21-3/h5-6,9,11,14,17H,4,7-8,10,18H2,1-3H3,(H,19,20). The first-order valence-electron chi connectivity index (χ1n) is 7.87. The van der Waals surface area contributed by atoms with Gasteiger partial charge in [-0.1, -0.05) is 26.3 Å². The fourth-order valence-electron chi connectivity index (χ4n) is 2.72. The third-order valence-corrected chi connectivity index (χ3v) is 4.33. The Morgan fingerprint density at radius 1 is 1.55 bits per heavy atom. The molecule has 122 valence electrons. The normalized spacial score (nSPS) is 19.7. The van der Waals surface area contributed by atoms with Crippen molar-refractivity contribution in [2.45, 2.75) is 38.8 Å². The fourth-order valence-corrected chi connectivity index (χ4v) is 2.72. The van der Waals surface area contributed by atoms with Gasteiger partial charge in [0.25, 0.3) is 0 Å². The van der Waals surface area contributed by atoms with Gasteiger partial charge >= 0.3 is 0 Å². The summed E-state index contributed by atoms with van der Waals surface area (Å²) < 4.78 is 10.6.